The van der Waals surface area contributed by atoms with Crippen LogP contribution < -0.4 is 0 Å². The van der Waals surface area contributed by atoms with E-state index in [9.17, 15) is 26.3 Å². The first-order chi connectivity index (χ1) is 33.2. The Morgan fingerprint density at radius 3 is 0.513 bits per heavy atom. The number of halogens is 6. The van der Waals surface area contributed by atoms with E-state index in [2.05, 4.69) is 226 Å². The second kappa shape index (κ2) is 33.8. The van der Waals surface area contributed by atoms with Gasteiger partial charge in [0, 0.05) is 78.9 Å². The smallest absolute Gasteiger partial charge is 0.485 e. The molecule has 0 fully saturated rings. The van der Waals surface area contributed by atoms with E-state index < -0.39 is 47.4 Å². The van der Waals surface area contributed by atoms with Crippen molar-refractivity contribution in [2.75, 3.05) is 74.7 Å². The second-order valence-electron chi connectivity index (χ2n) is 29.3. The quantitative estimate of drug-likeness (QED) is 0.0480. The summed E-state index contributed by atoms with van der Waals surface area (Å²) in [7, 11) is -15.9. The van der Waals surface area contributed by atoms with Crippen molar-refractivity contribution in [3.05, 3.63) is 48.6 Å². The minimum Gasteiger partial charge on any atom is -0.741 e. The molecular weight excluding hydrogens is 1370 g/mol. The van der Waals surface area contributed by atoms with E-state index in [0.29, 0.717) is 30.9 Å². The molecule has 4 aliphatic rings. The van der Waals surface area contributed by atoms with Crippen LogP contribution in [0.15, 0.2) is 48.6 Å². The van der Waals surface area contributed by atoms with E-state index in [-0.39, 0.29) is 86.5 Å². The first-order valence-electron chi connectivity index (χ1n) is 26.9. The number of hydrogen-bond donors (Lipinski definition) is 0. The average molecular weight is 1480 g/mol. The Balaban J connectivity index is -0.000000453. The zero-order valence-corrected chi connectivity index (χ0v) is 65.7. The molecule has 24 heteroatoms. The van der Waals surface area contributed by atoms with E-state index in [1.807, 2.05) is 0 Å². The third-order valence-electron chi connectivity index (χ3n) is 15.9. The molecule has 0 aliphatic heterocycles. The SMILES string of the molecule is C1=CC2C=CC1C2.C1=CC2C=CC1C2.C[PH+](C[Si](C)(C[PH+](C)C(C)(C)C)C[PH+](C)C(C)(C)C)C(C)(C)C.C[PH+](C[Si](C)(C[PH+](C)C(C)(C)C)C[PH+](C)C(C)(C)C)C(C)(C)C.O=S(=O)([O-])C(F)(F)F.O=S(=O)([O-])C(F)(F)F.[Rh].[Rh]. The molecule has 2 radical (unpaired) electrons. The van der Waals surface area contributed by atoms with E-state index in [4.69, 9.17) is 25.9 Å². The van der Waals surface area contributed by atoms with Crippen LogP contribution in [0.4, 0.5) is 26.3 Å². The molecule has 0 heterocycles. The van der Waals surface area contributed by atoms with Crippen LogP contribution in [0.3, 0.4) is 0 Å². The molecule has 6 atom stereocenters. The summed E-state index contributed by atoms with van der Waals surface area (Å²) in [6.45, 7) is 66.0. The molecule has 78 heavy (non-hydrogen) atoms. The third-order valence-corrected chi connectivity index (χ3v) is 65.6. The largest absolute Gasteiger partial charge is 0.741 e. The van der Waals surface area contributed by atoms with Crippen LogP contribution in [0.5, 0.6) is 0 Å². The molecule has 470 valence electrons. The minimum atomic E-state index is -6.09. The van der Waals surface area contributed by atoms with Gasteiger partial charge in [-0.05, 0) is 209 Å². The van der Waals surface area contributed by atoms with Crippen LogP contribution in [0.25, 0.3) is 0 Å². The predicted octanol–water partition coefficient (Wildman–Crippen LogP) is 16.8. The van der Waals surface area contributed by atoms with Gasteiger partial charge < -0.3 is 9.11 Å². The van der Waals surface area contributed by atoms with Crippen molar-refractivity contribution in [2.45, 2.75) is 193 Å². The fourth-order valence-electron chi connectivity index (χ4n) is 8.46. The van der Waals surface area contributed by atoms with E-state index in [0.717, 1.165) is 23.7 Å². The molecule has 0 spiro atoms. The van der Waals surface area contributed by atoms with Crippen LogP contribution in [-0.4, -0.2) is 159 Å². The maximum absolute atomic E-state index is 10.7. The zero-order chi connectivity index (χ0) is 61.1. The van der Waals surface area contributed by atoms with Gasteiger partial charge in [-0.3, -0.25) is 0 Å². The van der Waals surface area contributed by atoms with Crippen LogP contribution >= 0.6 is 47.5 Å². The van der Waals surface area contributed by atoms with Gasteiger partial charge in [0.2, 0.25) is 0 Å². The Bertz CT molecular complexity index is 1800. The summed E-state index contributed by atoms with van der Waals surface area (Å²) in [5.74, 6) is 13.1. The molecule has 0 amide bonds. The van der Waals surface area contributed by atoms with Gasteiger partial charge in [-0.1, -0.05) is 61.7 Å². The molecular formula is C54H112F6O6P6Rh2S2Si2+4. The number of allylic oxidation sites excluding steroid dienone is 8. The molecule has 4 aliphatic carbocycles. The third kappa shape index (κ3) is 36.1. The van der Waals surface area contributed by atoms with E-state index in [1.165, 1.54) is 12.8 Å². The predicted molar refractivity (Wildman–Crippen MR) is 348 cm³/mol. The van der Waals surface area contributed by atoms with Crippen molar-refractivity contribution in [2.24, 2.45) is 23.7 Å². The molecule has 0 saturated carbocycles. The van der Waals surface area contributed by atoms with Crippen LogP contribution in [-0.2, 0) is 59.2 Å². The Morgan fingerprint density at radius 2 is 0.462 bits per heavy atom. The Hall–Kier alpha value is 2.62. The average Bonchev–Trinajstić information content (AvgIpc) is 4.01. The summed E-state index contributed by atoms with van der Waals surface area (Å²) in [6.07, 6.45) is 21.1. The van der Waals surface area contributed by atoms with Gasteiger partial charge in [-0.2, -0.15) is 26.3 Å². The Labute approximate surface area is 510 Å². The number of alkyl halides is 6. The Kier molecular flexibility index (Phi) is 37.8. The molecule has 0 saturated heterocycles. The van der Waals surface area contributed by atoms with Gasteiger partial charge in [-0.25, -0.2) is 16.8 Å². The first-order valence-corrected chi connectivity index (χ1v) is 49.2. The van der Waals surface area contributed by atoms with Crippen molar-refractivity contribution in [1.82, 2.24) is 0 Å². The maximum Gasteiger partial charge on any atom is 0.485 e. The summed E-state index contributed by atoms with van der Waals surface area (Å²) in [6, 6.07) is 0. The van der Waals surface area contributed by atoms with Crippen molar-refractivity contribution in [3.8, 4) is 0 Å². The van der Waals surface area contributed by atoms with Gasteiger partial charge in [0.25, 0.3) is 0 Å². The zero-order valence-electron chi connectivity index (χ0n) is 52.8. The Morgan fingerprint density at radius 1 is 0.359 bits per heavy atom. The van der Waals surface area contributed by atoms with Crippen molar-refractivity contribution in [3.63, 3.8) is 0 Å². The summed E-state index contributed by atoms with van der Waals surface area (Å²) in [4.78, 5) is 0. The van der Waals surface area contributed by atoms with Gasteiger partial charge >= 0.3 is 11.0 Å². The molecule has 0 N–H and O–H groups in total. The standard InChI is InChI=1S/2C19H45P3Si.2C7H8.2CHF3O3S.2Rh/c2*1-17(2,3)20(10)14-23(13,15-21(11)18(4,5)6)16-22(12)19(7,8)9;2*1-2-7-4-3-6(1)5-7;2*2-1(3,4)8(5,6)7;;/h2*14-16H2,1-13H3;2*1-4,6-7H,5H2;2*(H,5,6,7);;/p+4. The number of fused-ring (bicyclic) bond motifs is 4. The van der Waals surface area contributed by atoms with Crippen LogP contribution in [0.2, 0.25) is 13.1 Å². The van der Waals surface area contributed by atoms with E-state index in [1.54, 1.807) is 34.7 Å². The van der Waals surface area contributed by atoms with Gasteiger partial charge in [0.1, 0.15) is 0 Å². The number of hydrogen-bond acceptors (Lipinski definition) is 6. The maximum atomic E-state index is 10.7. The fraction of sp³-hybridized carbons (Fsp3) is 0.852. The van der Waals surface area contributed by atoms with Gasteiger partial charge in [-0.15, -0.1) is 0 Å². The summed E-state index contributed by atoms with van der Waals surface area (Å²) < 4.78 is 118. The topological polar surface area (TPSA) is 114 Å². The summed E-state index contributed by atoms with van der Waals surface area (Å²) in [5, 5.41) is 3.36. The van der Waals surface area contributed by atoms with Crippen molar-refractivity contribution in [1.29, 1.82) is 0 Å². The fourth-order valence-corrected chi connectivity index (χ4v) is 61.7. The molecule has 4 rings (SSSR count). The summed E-state index contributed by atoms with van der Waals surface area (Å²) >= 11 is 0. The normalized spacial score (nSPS) is 22.9. The molecule has 0 aromatic carbocycles. The monoisotopic (exact) mass is 1480 g/mol. The van der Waals surface area contributed by atoms with Gasteiger partial charge in [0.15, 0.2) is 36.4 Å². The van der Waals surface area contributed by atoms with Crippen molar-refractivity contribution >= 4 is 83.9 Å². The molecule has 0 aromatic heterocycles. The molecule has 6 nitrogen and oxygen atoms in total. The van der Waals surface area contributed by atoms with Crippen LogP contribution in [0, 0.1) is 23.7 Å². The molecule has 6 unspecified atom stereocenters. The minimum absolute atomic E-state index is 0. The number of rotatable bonds is 12. The van der Waals surface area contributed by atoms with E-state index >= 15 is 0 Å². The van der Waals surface area contributed by atoms with Crippen molar-refractivity contribution < 1.29 is 91.2 Å². The molecule has 4 bridgehead atoms. The first kappa shape index (κ1) is 87.1. The summed E-state index contributed by atoms with van der Waals surface area (Å²) in [5.41, 5.74) is -11.3. The van der Waals surface area contributed by atoms with Gasteiger partial charge in [0.05, 0.1) is 65.6 Å². The second-order valence-corrected chi connectivity index (χ2v) is 66.2. The molecule has 0 aromatic rings. The van der Waals surface area contributed by atoms with Crippen LogP contribution in [0.1, 0.15) is 137 Å².